The Hall–Kier alpha value is -3.00. The molecule has 0 radical (unpaired) electrons. The highest BCUT2D eigenvalue weighted by molar-refractivity contribution is 7.99. The fourth-order valence-electron chi connectivity index (χ4n) is 3.09. The third-order valence-corrected chi connectivity index (χ3v) is 5.67. The van der Waals surface area contributed by atoms with E-state index in [9.17, 15) is 4.39 Å². The van der Waals surface area contributed by atoms with Gasteiger partial charge in [-0.2, -0.15) is 4.98 Å². The van der Waals surface area contributed by atoms with Gasteiger partial charge in [0.1, 0.15) is 5.82 Å². The summed E-state index contributed by atoms with van der Waals surface area (Å²) in [5, 5.41) is 13.3. The Balaban J connectivity index is 1.67. The quantitative estimate of drug-likeness (QED) is 0.357. The number of halogens is 1. The van der Waals surface area contributed by atoms with Crippen LogP contribution in [-0.4, -0.2) is 24.9 Å². The number of aryl methyl sites for hydroxylation is 1. The Labute approximate surface area is 178 Å². The third-order valence-electron chi connectivity index (χ3n) is 4.60. The molecule has 2 aromatic heterocycles. The van der Waals surface area contributed by atoms with E-state index >= 15 is 0 Å². The second kappa shape index (κ2) is 9.21. The number of nitrogens with zero attached hydrogens (tertiary/aromatic N) is 5. The molecule has 0 spiro atoms. The summed E-state index contributed by atoms with van der Waals surface area (Å²) in [6.07, 6.45) is 1.74. The molecule has 30 heavy (non-hydrogen) atoms. The zero-order chi connectivity index (χ0) is 20.9. The average Bonchev–Trinajstić information content (AvgIpc) is 3.37. The van der Waals surface area contributed by atoms with Crippen LogP contribution in [0.1, 0.15) is 42.8 Å². The van der Waals surface area contributed by atoms with Crippen LogP contribution in [0.15, 0.2) is 64.3 Å². The maximum atomic E-state index is 14.5. The van der Waals surface area contributed by atoms with Crippen LogP contribution in [0, 0.1) is 5.82 Å². The molecule has 0 saturated heterocycles. The van der Waals surface area contributed by atoms with Crippen molar-refractivity contribution in [2.24, 2.45) is 0 Å². The molecule has 0 amide bonds. The highest BCUT2D eigenvalue weighted by Gasteiger charge is 2.22. The highest BCUT2D eigenvalue weighted by Crippen LogP contribution is 2.35. The molecule has 0 fully saturated rings. The van der Waals surface area contributed by atoms with Crippen LogP contribution in [0.2, 0.25) is 0 Å². The number of hydrogen-bond donors (Lipinski definition) is 0. The smallest absolute Gasteiger partial charge is 0.239 e. The molecule has 0 aliphatic carbocycles. The van der Waals surface area contributed by atoms with E-state index in [2.05, 4.69) is 27.3 Å². The number of hydrogen-bond acceptors (Lipinski definition) is 6. The molecule has 2 heterocycles. The van der Waals surface area contributed by atoms with Crippen molar-refractivity contribution in [2.75, 3.05) is 0 Å². The van der Waals surface area contributed by atoms with E-state index in [1.807, 2.05) is 41.8 Å². The average molecular weight is 424 g/mol. The predicted octanol–water partition coefficient (Wildman–Crippen LogP) is 5.32. The lowest BCUT2D eigenvalue weighted by Gasteiger charge is -2.12. The van der Waals surface area contributed by atoms with Gasteiger partial charge < -0.3 is 4.52 Å². The topological polar surface area (TPSA) is 69.6 Å². The third kappa shape index (κ3) is 4.43. The van der Waals surface area contributed by atoms with Crippen molar-refractivity contribution in [2.45, 2.75) is 43.6 Å². The van der Waals surface area contributed by atoms with Crippen LogP contribution in [0.3, 0.4) is 0 Å². The molecule has 8 heteroatoms. The molecule has 4 aromatic rings. The van der Waals surface area contributed by atoms with Crippen LogP contribution >= 0.6 is 11.8 Å². The first-order valence-electron chi connectivity index (χ1n) is 9.87. The maximum absolute atomic E-state index is 14.5. The van der Waals surface area contributed by atoms with Crippen molar-refractivity contribution in [3.05, 3.63) is 77.7 Å². The monoisotopic (exact) mass is 423 g/mol. The number of benzene rings is 2. The van der Waals surface area contributed by atoms with Crippen molar-refractivity contribution in [1.82, 2.24) is 24.9 Å². The minimum Gasteiger partial charge on any atom is -0.338 e. The standard InChI is InChI=1S/C22H22FN5OS/c1-3-9-19-24-21(29-27-19)15(2)30-22-26-25-20(17-12-7-8-13-18(17)23)28(22)14-16-10-5-4-6-11-16/h4-8,10-13,15H,3,9,14H2,1-2H3/t15-/m0/s1. The van der Waals surface area contributed by atoms with Gasteiger partial charge in [-0.1, -0.05) is 66.3 Å². The Morgan fingerprint density at radius 1 is 1.07 bits per heavy atom. The molecule has 1 atom stereocenters. The van der Waals surface area contributed by atoms with Crippen molar-refractivity contribution >= 4 is 11.8 Å². The molecular weight excluding hydrogens is 401 g/mol. The summed E-state index contributed by atoms with van der Waals surface area (Å²) in [5.41, 5.74) is 1.50. The molecule has 0 aliphatic rings. The molecule has 0 aliphatic heterocycles. The lowest BCUT2D eigenvalue weighted by Crippen LogP contribution is -2.05. The number of aromatic nitrogens is 5. The molecule has 0 unspecified atom stereocenters. The van der Waals surface area contributed by atoms with Crippen LogP contribution < -0.4 is 0 Å². The normalized spacial score (nSPS) is 12.2. The van der Waals surface area contributed by atoms with Gasteiger partial charge in [-0.05, 0) is 31.0 Å². The van der Waals surface area contributed by atoms with Crippen LogP contribution in [0.25, 0.3) is 11.4 Å². The van der Waals surface area contributed by atoms with Gasteiger partial charge in [-0.3, -0.25) is 4.57 Å². The van der Waals surface area contributed by atoms with Gasteiger partial charge >= 0.3 is 0 Å². The summed E-state index contributed by atoms with van der Waals surface area (Å²) in [4.78, 5) is 4.47. The SMILES string of the molecule is CCCc1noc([C@H](C)Sc2nnc(-c3ccccc3F)n2Cc2ccccc2)n1. The Kier molecular flexibility index (Phi) is 6.23. The molecular formula is C22H22FN5OS. The molecule has 0 bridgehead atoms. The zero-order valence-electron chi connectivity index (χ0n) is 16.8. The van der Waals surface area contributed by atoms with Gasteiger partial charge in [0.25, 0.3) is 0 Å². The molecule has 154 valence electrons. The Morgan fingerprint density at radius 3 is 2.60 bits per heavy atom. The molecule has 2 aromatic carbocycles. The first-order chi connectivity index (χ1) is 14.7. The van der Waals surface area contributed by atoms with Crippen molar-refractivity contribution in [1.29, 1.82) is 0 Å². The minimum atomic E-state index is -0.329. The van der Waals surface area contributed by atoms with Crippen molar-refractivity contribution < 1.29 is 8.91 Å². The fraction of sp³-hybridized carbons (Fsp3) is 0.273. The van der Waals surface area contributed by atoms with Gasteiger partial charge in [0, 0.05) is 6.42 Å². The summed E-state index contributed by atoms with van der Waals surface area (Å²) in [7, 11) is 0. The Morgan fingerprint density at radius 2 is 1.83 bits per heavy atom. The summed E-state index contributed by atoms with van der Waals surface area (Å²) in [6, 6.07) is 16.6. The van der Waals surface area contributed by atoms with Crippen molar-refractivity contribution in [3.63, 3.8) is 0 Å². The highest BCUT2D eigenvalue weighted by atomic mass is 32.2. The minimum absolute atomic E-state index is 0.115. The van der Waals surface area contributed by atoms with E-state index in [0.717, 1.165) is 18.4 Å². The van der Waals surface area contributed by atoms with Gasteiger partial charge in [0.2, 0.25) is 5.89 Å². The van der Waals surface area contributed by atoms with E-state index in [1.165, 1.54) is 17.8 Å². The van der Waals surface area contributed by atoms with Gasteiger partial charge in [0.15, 0.2) is 16.8 Å². The van der Waals surface area contributed by atoms with E-state index < -0.39 is 0 Å². The van der Waals surface area contributed by atoms with Crippen molar-refractivity contribution in [3.8, 4) is 11.4 Å². The largest absolute Gasteiger partial charge is 0.338 e. The van der Waals surface area contributed by atoms with Gasteiger partial charge in [0.05, 0.1) is 17.4 Å². The summed E-state index contributed by atoms with van der Waals surface area (Å²) in [6.45, 7) is 4.58. The van der Waals surface area contributed by atoms with E-state index in [-0.39, 0.29) is 11.1 Å². The van der Waals surface area contributed by atoms with Crippen LogP contribution in [0.4, 0.5) is 4.39 Å². The van der Waals surface area contributed by atoms with Crippen LogP contribution in [-0.2, 0) is 13.0 Å². The predicted molar refractivity (Wildman–Crippen MR) is 114 cm³/mol. The second-order valence-corrected chi connectivity index (χ2v) is 8.22. The summed E-state index contributed by atoms with van der Waals surface area (Å²) < 4.78 is 21.8. The van der Waals surface area contributed by atoms with Gasteiger partial charge in [-0.15, -0.1) is 10.2 Å². The molecule has 0 saturated carbocycles. The summed E-state index contributed by atoms with van der Waals surface area (Å²) >= 11 is 1.47. The second-order valence-electron chi connectivity index (χ2n) is 6.92. The maximum Gasteiger partial charge on any atom is 0.239 e. The molecule has 4 rings (SSSR count). The number of thioether (sulfide) groups is 1. The Bertz CT molecular complexity index is 1110. The van der Waals surface area contributed by atoms with E-state index in [1.54, 1.807) is 18.2 Å². The van der Waals surface area contributed by atoms with E-state index in [0.29, 0.717) is 34.8 Å². The van der Waals surface area contributed by atoms with Crippen LogP contribution in [0.5, 0.6) is 0 Å². The molecule has 6 nitrogen and oxygen atoms in total. The first-order valence-corrected chi connectivity index (χ1v) is 10.7. The lowest BCUT2D eigenvalue weighted by atomic mass is 10.2. The first kappa shape index (κ1) is 20.3. The van der Waals surface area contributed by atoms with E-state index in [4.69, 9.17) is 4.52 Å². The number of rotatable bonds is 8. The fourth-order valence-corrected chi connectivity index (χ4v) is 3.97. The van der Waals surface area contributed by atoms with Gasteiger partial charge in [-0.25, -0.2) is 4.39 Å². The lowest BCUT2D eigenvalue weighted by molar-refractivity contribution is 0.374. The molecule has 0 N–H and O–H groups in total. The summed E-state index contributed by atoms with van der Waals surface area (Å²) in [5.74, 6) is 1.41. The zero-order valence-corrected chi connectivity index (χ0v) is 17.6.